The van der Waals surface area contributed by atoms with E-state index in [2.05, 4.69) is 84.3 Å². The van der Waals surface area contributed by atoms with Crippen LogP contribution in [-0.4, -0.2) is 31.1 Å². The Morgan fingerprint density at radius 1 is 0.714 bits per heavy atom. The van der Waals surface area contributed by atoms with Gasteiger partial charge in [-0.2, -0.15) is 0 Å². The van der Waals surface area contributed by atoms with Gasteiger partial charge in [0, 0.05) is 25.3 Å². The number of rotatable bonds is 8. The molecule has 0 fully saturated rings. The van der Waals surface area contributed by atoms with Crippen LogP contribution in [-0.2, 0) is 6.54 Å². The van der Waals surface area contributed by atoms with Crippen LogP contribution in [0.5, 0.6) is 0 Å². The first kappa shape index (κ1) is 15.6. The molecular weight excluding hydrogens is 256 g/mol. The minimum Gasteiger partial charge on any atom is -0.366 e. The van der Waals surface area contributed by atoms with Gasteiger partial charge in [0.15, 0.2) is 0 Å². The van der Waals surface area contributed by atoms with E-state index in [1.54, 1.807) is 0 Å². The first-order valence-electron chi connectivity index (χ1n) is 7.89. The maximum absolute atomic E-state index is 2.47. The summed E-state index contributed by atoms with van der Waals surface area (Å²) in [7, 11) is 0. The van der Waals surface area contributed by atoms with Gasteiger partial charge in [-0.25, -0.2) is 0 Å². The lowest BCUT2D eigenvalue weighted by Gasteiger charge is -2.28. The highest BCUT2D eigenvalue weighted by Crippen LogP contribution is 2.16. The highest BCUT2D eigenvalue weighted by atomic mass is 15.2. The maximum atomic E-state index is 2.47. The second-order valence-electron chi connectivity index (χ2n) is 5.27. The van der Waals surface area contributed by atoms with Gasteiger partial charge in [-0.15, -0.1) is 0 Å². The van der Waals surface area contributed by atoms with Gasteiger partial charge in [0.05, 0.1) is 0 Å². The monoisotopic (exact) mass is 282 g/mol. The van der Waals surface area contributed by atoms with Crippen molar-refractivity contribution in [2.75, 3.05) is 31.1 Å². The lowest BCUT2D eigenvalue weighted by atomic mass is 10.2. The number of hydrogen-bond donors (Lipinski definition) is 0. The molecule has 2 aromatic rings. The summed E-state index contributed by atoms with van der Waals surface area (Å²) in [4.78, 5) is 4.94. The highest BCUT2D eigenvalue weighted by Gasteiger charge is 2.08. The van der Waals surface area contributed by atoms with Crippen LogP contribution in [0.4, 0.5) is 5.69 Å². The minimum absolute atomic E-state index is 0.964. The van der Waals surface area contributed by atoms with E-state index in [1.165, 1.54) is 11.3 Å². The van der Waals surface area contributed by atoms with Crippen LogP contribution in [0.1, 0.15) is 19.4 Å². The van der Waals surface area contributed by atoms with Crippen molar-refractivity contribution in [1.29, 1.82) is 0 Å². The van der Waals surface area contributed by atoms with Crippen LogP contribution in [0.3, 0.4) is 0 Å². The second-order valence-corrected chi connectivity index (χ2v) is 5.27. The number of hydrogen-bond acceptors (Lipinski definition) is 2. The molecular formula is C19H26N2. The van der Waals surface area contributed by atoms with Crippen molar-refractivity contribution in [3.63, 3.8) is 0 Å². The lowest BCUT2D eigenvalue weighted by molar-refractivity contribution is 0.309. The summed E-state index contributed by atoms with van der Waals surface area (Å²) >= 11 is 0. The molecule has 0 saturated heterocycles. The summed E-state index contributed by atoms with van der Waals surface area (Å²) in [5.74, 6) is 0. The molecule has 0 N–H and O–H groups in total. The van der Waals surface area contributed by atoms with Gasteiger partial charge in [0.1, 0.15) is 0 Å². The average molecular weight is 282 g/mol. The van der Waals surface area contributed by atoms with Crippen molar-refractivity contribution in [3.05, 3.63) is 66.2 Å². The van der Waals surface area contributed by atoms with Crippen LogP contribution in [0.25, 0.3) is 0 Å². The number of para-hydroxylation sites is 1. The molecule has 2 heteroatoms. The van der Waals surface area contributed by atoms with Gasteiger partial charge in [-0.1, -0.05) is 62.4 Å². The molecule has 0 heterocycles. The lowest BCUT2D eigenvalue weighted by Crippen LogP contribution is -2.34. The van der Waals surface area contributed by atoms with Crippen molar-refractivity contribution < 1.29 is 0 Å². The molecule has 21 heavy (non-hydrogen) atoms. The molecule has 0 aliphatic rings. The van der Waals surface area contributed by atoms with Gasteiger partial charge in [-0.3, -0.25) is 0 Å². The zero-order chi connectivity index (χ0) is 14.9. The summed E-state index contributed by atoms with van der Waals surface area (Å²) < 4.78 is 0. The van der Waals surface area contributed by atoms with Crippen LogP contribution < -0.4 is 4.90 Å². The van der Waals surface area contributed by atoms with E-state index in [-0.39, 0.29) is 0 Å². The standard InChI is InChI=1S/C19H26N2/c1-3-20(4-2)15-16-21(19-13-9-6-10-14-19)17-18-11-7-5-8-12-18/h5-14H,3-4,15-17H2,1-2H3. The molecule has 0 atom stereocenters. The van der Waals surface area contributed by atoms with Crippen molar-refractivity contribution in [2.24, 2.45) is 0 Å². The first-order valence-corrected chi connectivity index (χ1v) is 7.89. The molecule has 0 radical (unpaired) electrons. The average Bonchev–Trinajstić information content (AvgIpc) is 2.56. The van der Waals surface area contributed by atoms with Crippen LogP contribution in [0.15, 0.2) is 60.7 Å². The molecule has 0 bridgehead atoms. The number of benzene rings is 2. The Labute approximate surface area is 129 Å². The smallest absolute Gasteiger partial charge is 0.0430 e. The molecule has 2 nitrogen and oxygen atoms in total. The maximum Gasteiger partial charge on any atom is 0.0430 e. The number of nitrogens with zero attached hydrogens (tertiary/aromatic N) is 2. The van der Waals surface area contributed by atoms with E-state index < -0.39 is 0 Å². The van der Waals surface area contributed by atoms with Crippen LogP contribution in [0, 0.1) is 0 Å². The zero-order valence-electron chi connectivity index (χ0n) is 13.2. The van der Waals surface area contributed by atoms with E-state index in [9.17, 15) is 0 Å². The SMILES string of the molecule is CCN(CC)CCN(Cc1ccccc1)c1ccccc1. The topological polar surface area (TPSA) is 6.48 Å². The van der Waals surface area contributed by atoms with E-state index in [4.69, 9.17) is 0 Å². The number of likely N-dealkylation sites (N-methyl/N-ethyl adjacent to an activating group) is 1. The number of anilines is 1. The fraction of sp³-hybridized carbons (Fsp3) is 0.368. The molecule has 0 aromatic heterocycles. The molecule has 0 aliphatic carbocycles. The molecule has 2 rings (SSSR count). The Morgan fingerprint density at radius 3 is 1.86 bits per heavy atom. The molecule has 0 spiro atoms. The van der Waals surface area contributed by atoms with E-state index in [1.807, 2.05) is 0 Å². The largest absolute Gasteiger partial charge is 0.366 e. The molecule has 112 valence electrons. The molecule has 0 aliphatic heterocycles. The van der Waals surface area contributed by atoms with Crippen molar-refractivity contribution in [1.82, 2.24) is 4.90 Å². The summed E-state index contributed by atoms with van der Waals surface area (Å²) in [6.07, 6.45) is 0. The third-order valence-electron chi connectivity index (χ3n) is 3.92. The van der Waals surface area contributed by atoms with Gasteiger partial charge >= 0.3 is 0 Å². The molecule has 0 unspecified atom stereocenters. The minimum atomic E-state index is 0.964. The normalized spacial score (nSPS) is 10.8. The van der Waals surface area contributed by atoms with Crippen LogP contribution >= 0.6 is 0 Å². The molecule has 0 amide bonds. The Bertz CT molecular complexity index is 491. The summed E-state index contributed by atoms with van der Waals surface area (Å²) in [6, 6.07) is 21.4. The summed E-state index contributed by atoms with van der Waals surface area (Å²) in [6.45, 7) is 9.82. The van der Waals surface area contributed by atoms with Crippen molar-refractivity contribution in [3.8, 4) is 0 Å². The van der Waals surface area contributed by atoms with Gasteiger partial charge in [-0.05, 0) is 30.8 Å². The van der Waals surface area contributed by atoms with Gasteiger partial charge in [0.25, 0.3) is 0 Å². The highest BCUT2D eigenvalue weighted by molar-refractivity contribution is 5.46. The van der Waals surface area contributed by atoms with Crippen LogP contribution in [0.2, 0.25) is 0 Å². The van der Waals surface area contributed by atoms with E-state index >= 15 is 0 Å². The summed E-state index contributed by atoms with van der Waals surface area (Å²) in [5, 5.41) is 0. The predicted octanol–water partition coefficient (Wildman–Crippen LogP) is 4.04. The zero-order valence-corrected chi connectivity index (χ0v) is 13.2. The third kappa shape index (κ3) is 4.91. The quantitative estimate of drug-likeness (QED) is 0.721. The van der Waals surface area contributed by atoms with Gasteiger partial charge in [0.2, 0.25) is 0 Å². The Hall–Kier alpha value is -1.80. The van der Waals surface area contributed by atoms with E-state index in [0.717, 1.165) is 32.7 Å². The predicted molar refractivity (Wildman–Crippen MR) is 91.7 cm³/mol. The summed E-state index contributed by atoms with van der Waals surface area (Å²) in [5.41, 5.74) is 2.66. The van der Waals surface area contributed by atoms with Crippen molar-refractivity contribution >= 4 is 5.69 Å². The fourth-order valence-electron chi connectivity index (χ4n) is 2.54. The molecule has 2 aromatic carbocycles. The molecule has 0 saturated carbocycles. The van der Waals surface area contributed by atoms with E-state index in [0.29, 0.717) is 0 Å². The van der Waals surface area contributed by atoms with Gasteiger partial charge < -0.3 is 9.80 Å². The first-order chi connectivity index (χ1) is 10.3. The second kappa shape index (κ2) is 8.48. The van der Waals surface area contributed by atoms with Crippen molar-refractivity contribution in [2.45, 2.75) is 20.4 Å². The Morgan fingerprint density at radius 2 is 1.29 bits per heavy atom. The third-order valence-corrected chi connectivity index (χ3v) is 3.92. The Balaban J connectivity index is 2.07. The Kier molecular flexibility index (Phi) is 6.29. The fourth-order valence-corrected chi connectivity index (χ4v) is 2.54.